The highest BCUT2D eigenvalue weighted by molar-refractivity contribution is 5.77. The molecule has 16 heavy (non-hydrogen) atoms. The monoisotopic (exact) mass is 218 g/mol. The van der Waals surface area contributed by atoms with Gasteiger partial charge in [-0.2, -0.15) is 0 Å². The van der Waals surface area contributed by atoms with Gasteiger partial charge in [-0.25, -0.2) is 0 Å². The summed E-state index contributed by atoms with van der Waals surface area (Å²) in [5.41, 5.74) is 0.812. The highest BCUT2D eigenvalue weighted by Crippen LogP contribution is 2.42. The molecule has 0 atom stereocenters. The Hall–Kier alpha value is -1.05. The van der Waals surface area contributed by atoms with Crippen molar-refractivity contribution in [2.75, 3.05) is 0 Å². The Kier molecular flexibility index (Phi) is 2.58. The lowest BCUT2D eigenvalue weighted by Gasteiger charge is -2.23. The summed E-state index contributed by atoms with van der Waals surface area (Å²) in [4.78, 5) is 11.0. The molecule has 2 heteroatoms. The van der Waals surface area contributed by atoms with Crippen molar-refractivity contribution >= 4 is 6.29 Å². The van der Waals surface area contributed by atoms with Crippen molar-refractivity contribution < 1.29 is 9.21 Å². The Bertz CT molecular complexity index is 381. The van der Waals surface area contributed by atoms with E-state index < -0.39 is 0 Å². The van der Waals surface area contributed by atoms with Crippen molar-refractivity contribution in [2.24, 2.45) is 0 Å². The van der Waals surface area contributed by atoms with Crippen LogP contribution >= 0.6 is 0 Å². The number of rotatable bonds is 3. The first kappa shape index (κ1) is 10.1. The maximum atomic E-state index is 11.0. The summed E-state index contributed by atoms with van der Waals surface area (Å²) in [5, 5.41) is 0. The number of carbonyl (C=O) groups excluding carboxylic acids is 1. The molecular formula is C14H18O2. The predicted octanol–water partition coefficient (Wildman–Crippen LogP) is 4.02. The molecule has 2 aliphatic carbocycles. The minimum Gasteiger partial charge on any atom is -0.465 e. The molecular weight excluding hydrogens is 200 g/mol. The number of hydrogen-bond acceptors (Lipinski definition) is 2. The largest absolute Gasteiger partial charge is 0.465 e. The van der Waals surface area contributed by atoms with Crippen molar-refractivity contribution in [1.82, 2.24) is 0 Å². The van der Waals surface area contributed by atoms with Gasteiger partial charge in [0.2, 0.25) is 0 Å². The van der Waals surface area contributed by atoms with Crippen LogP contribution in [0, 0.1) is 0 Å². The van der Waals surface area contributed by atoms with Crippen LogP contribution in [0.1, 0.15) is 78.7 Å². The van der Waals surface area contributed by atoms with Crippen molar-refractivity contribution in [1.29, 1.82) is 0 Å². The van der Waals surface area contributed by atoms with Gasteiger partial charge < -0.3 is 4.42 Å². The second-order valence-electron chi connectivity index (χ2n) is 5.20. The summed E-state index contributed by atoms with van der Waals surface area (Å²) in [7, 11) is 0. The SMILES string of the molecule is O=Cc1cc(C2CCCC2)oc1C1CCC1. The summed E-state index contributed by atoms with van der Waals surface area (Å²) in [6, 6.07) is 2.00. The molecule has 0 spiro atoms. The molecule has 1 aromatic rings. The fraction of sp³-hybridized carbons (Fsp3) is 0.643. The lowest BCUT2D eigenvalue weighted by atomic mass is 9.82. The van der Waals surface area contributed by atoms with Crippen LogP contribution in [-0.4, -0.2) is 6.29 Å². The zero-order valence-electron chi connectivity index (χ0n) is 9.58. The quantitative estimate of drug-likeness (QED) is 0.717. The van der Waals surface area contributed by atoms with E-state index in [0.29, 0.717) is 11.8 Å². The van der Waals surface area contributed by atoms with Crippen molar-refractivity contribution in [2.45, 2.75) is 56.8 Å². The van der Waals surface area contributed by atoms with E-state index in [1.54, 1.807) is 0 Å². The predicted molar refractivity (Wildman–Crippen MR) is 61.9 cm³/mol. The van der Waals surface area contributed by atoms with Crippen LogP contribution in [0.5, 0.6) is 0 Å². The number of hydrogen-bond donors (Lipinski definition) is 0. The number of aldehydes is 1. The fourth-order valence-corrected chi connectivity index (χ4v) is 2.93. The third kappa shape index (κ3) is 1.60. The van der Waals surface area contributed by atoms with Gasteiger partial charge in [-0.3, -0.25) is 4.79 Å². The molecule has 0 saturated heterocycles. The molecule has 3 rings (SSSR count). The molecule has 0 aliphatic heterocycles. The second kappa shape index (κ2) is 4.08. The number of furan rings is 1. The summed E-state index contributed by atoms with van der Waals surface area (Å²) in [5.74, 6) is 3.15. The van der Waals surface area contributed by atoms with Crippen molar-refractivity contribution in [3.63, 3.8) is 0 Å². The molecule has 0 aromatic carbocycles. The van der Waals surface area contributed by atoms with Gasteiger partial charge in [-0.05, 0) is 31.7 Å². The molecule has 0 amide bonds. The molecule has 2 aliphatic rings. The van der Waals surface area contributed by atoms with E-state index >= 15 is 0 Å². The summed E-state index contributed by atoms with van der Waals surface area (Å²) < 4.78 is 5.96. The first-order valence-corrected chi connectivity index (χ1v) is 6.47. The summed E-state index contributed by atoms with van der Waals surface area (Å²) in [6.07, 6.45) is 9.71. The van der Waals surface area contributed by atoms with E-state index in [1.807, 2.05) is 6.07 Å². The Balaban J connectivity index is 1.88. The van der Waals surface area contributed by atoms with E-state index in [4.69, 9.17) is 4.42 Å². The molecule has 1 heterocycles. The van der Waals surface area contributed by atoms with Crippen LogP contribution in [0.2, 0.25) is 0 Å². The average Bonchev–Trinajstić information content (AvgIpc) is 2.81. The Morgan fingerprint density at radius 1 is 1.06 bits per heavy atom. The molecule has 0 radical (unpaired) electrons. The van der Waals surface area contributed by atoms with Gasteiger partial charge in [0.15, 0.2) is 6.29 Å². The Morgan fingerprint density at radius 2 is 1.75 bits per heavy atom. The topological polar surface area (TPSA) is 30.2 Å². The standard InChI is InChI=1S/C14H18O2/c15-9-12-8-13(10-4-1-2-5-10)16-14(12)11-6-3-7-11/h8-11H,1-7H2. The second-order valence-corrected chi connectivity index (χ2v) is 5.20. The summed E-state index contributed by atoms with van der Waals surface area (Å²) >= 11 is 0. The van der Waals surface area contributed by atoms with Crippen LogP contribution in [0.25, 0.3) is 0 Å². The highest BCUT2D eigenvalue weighted by Gasteiger charge is 2.28. The van der Waals surface area contributed by atoms with Gasteiger partial charge in [0.05, 0.1) is 5.56 Å². The molecule has 0 unspecified atom stereocenters. The molecule has 2 fully saturated rings. The lowest BCUT2D eigenvalue weighted by Crippen LogP contribution is -2.09. The molecule has 0 bridgehead atoms. The Labute approximate surface area is 96.0 Å². The van der Waals surface area contributed by atoms with Crippen LogP contribution < -0.4 is 0 Å². The molecule has 1 aromatic heterocycles. The third-order valence-corrected chi connectivity index (χ3v) is 4.17. The van der Waals surface area contributed by atoms with E-state index in [1.165, 1.54) is 44.9 Å². The normalized spacial score (nSPS) is 22.2. The van der Waals surface area contributed by atoms with E-state index in [0.717, 1.165) is 23.4 Å². The minimum absolute atomic E-state index is 0.523. The smallest absolute Gasteiger partial charge is 0.153 e. The summed E-state index contributed by atoms with van der Waals surface area (Å²) in [6.45, 7) is 0. The van der Waals surface area contributed by atoms with Gasteiger partial charge in [0.25, 0.3) is 0 Å². The fourth-order valence-electron chi connectivity index (χ4n) is 2.93. The highest BCUT2D eigenvalue weighted by atomic mass is 16.3. The first-order valence-electron chi connectivity index (χ1n) is 6.47. The molecule has 2 nitrogen and oxygen atoms in total. The van der Waals surface area contributed by atoms with Gasteiger partial charge in [-0.15, -0.1) is 0 Å². The minimum atomic E-state index is 0.523. The molecule has 2 saturated carbocycles. The van der Waals surface area contributed by atoms with Crippen LogP contribution in [-0.2, 0) is 0 Å². The van der Waals surface area contributed by atoms with Gasteiger partial charge in [0, 0.05) is 11.8 Å². The Morgan fingerprint density at radius 3 is 2.31 bits per heavy atom. The molecule has 86 valence electrons. The zero-order valence-corrected chi connectivity index (χ0v) is 9.58. The van der Waals surface area contributed by atoms with Crippen LogP contribution in [0.4, 0.5) is 0 Å². The number of carbonyl (C=O) groups is 1. The van der Waals surface area contributed by atoms with Crippen LogP contribution in [0.15, 0.2) is 10.5 Å². The zero-order chi connectivity index (χ0) is 11.0. The van der Waals surface area contributed by atoms with Crippen LogP contribution in [0.3, 0.4) is 0 Å². The lowest BCUT2D eigenvalue weighted by molar-refractivity contribution is 0.112. The average molecular weight is 218 g/mol. The maximum absolute atomic E-state index is 11.0. The van der Waals surface area contributed by atoms with E-state index in [9.17, 15) is 4.79 Å². The third-order valence-electron chi connectivity index (χ3n) is 4.17. The van der Waals surface area contributed by atoms with Crippen molar-refractivity contribution in [3.05, 3.63) is 23.2 Å². The maximum Gasteiger partial charge on any atom is 0.153 e. The van der Waals surface area contributed by atoms with Gasteiger partial charge >= 0.3 is 0 Å². The van der Waals surface area contributed by atoms with E-state index in [-0.39, 0.29) is 0 Å². The van der Waals surface area contributed by atoms with E-state index in [2.05, 4.69) is 0 Å². The first-order chi connectivity index (χ1) is 7.88. The van der Waals surface area contributed by atoms with Crippen molar-refractivity contribution in [3.8, 4) is 0 Å². The molecule has 0 N–H and O–H groups in total. The van der Waals surface area contributed by atoms with Gasteiger partial charge in [-0.1, -0.05) is 19.3 Å². The van der Waals surface area contributed by atoms with Gasteiger partial charge in [0.1, 0.15) is 11.5 Å².